The number of alkyl halides is 3. The van der Waals surface area contributed by atoms with Crippen molar-refractivity contribution in [3.05, 3.63) is 71.2 Å². The zero-order valence-corrected chi connectivity index (χ0v) is 24.4. The summed E-state index contributed by atoms with van der Waals surface area (Å²) < 4.78 is 90.4. The van der Waals surface area contributed by atoms with E-state index in [0.29, 0.717) is 23.9 Å². The first kappa shape index (κ1) is 33.9. The fraction of sp³-hybridized carbons (Fsp3) is 0.464. The van der Waals surface area contributed by atoms with E-state index in [1.54, 1.807) is 0 Å². The van der Waals surface area contributed by atoms with Gasteiger partial charge in [0, 0.05) is 18.7 Å². The number of amides is 1. The molecular weight excluding hydrogens is 650 g/mol. The monoisotopic (exact) mass is 678 g/mol. The lowest BCUT2D eigenvalue weighted by Crippen LogP contribution is -2.56. The van der Waals surface area contributed by atoms with Gasteiger partial charge in [0.2, 0.25) is 0 Å². The van der Waals surface area contributed by atoms with Crippen LogP contribution in [0.25, 0.3) is 11.3 Å². The molecule has 5 rings (SSSR count). The van der Waals surface area contributed by atoms with Crippen LogP contribution in [0, 0.1) is 17.5 Å². The second kappa shape index (κ2) is 13.0. The van der Waals surface area contributed by atoms with E-state index in [2.05, 4.69) is 10.3 Å². The van der Waals surface area contributed by atoms with Crippen molar-refractivity contribution < 1.29 is 61.4 Å². The molecule has 11 nitrogen and oxygen atoms in total. The molecule has 5 N–H and O–H groups in total. The molecule has 46 heavy (non-hydrogen) atoms. The van der Waals surface area contributed by atoms with Crippen LogP contribution in [0.3, 0.4) is 0 Å². The number of carbonyl (C=O) groups is 1. The van der Waals surface area contributed by atoms with E-state index in [4.69, 9.17) is 4.74 Å². The summed E-state index contributed by atoms with van der Waals surface area (Å²) in [7, 11) is 0. The summed E-state index contributed by atoms with van der Waals surface area (Å²) in [4.78, 5) is 12.5. The van der Waals surface area contributed by atoms with E-state index in [0.717, 1.165) is 34.0 Å². The Bertz CT molecular complexity index is 1550. The molecule has 3 heterocycles. The van der Waals surface area contributed by atoms with E-state index in [1.807, 2.05) is 0 Å². The number of hydrogen-bond donors (Lipinski definition) is 5. The van der Waals surface area contributed by atoms with Gasteiger partial charge in [-0.3, -0.25) is 0 Å². The molecule has 2 aliphatic rings. The van der Waals surface area contributed by atoms with Crippen LogP contribution in [0.15, 0.2) is 42.6 Å². The minimum atomic E-state index is -4.86. The Morgan fingerprint density at radius 1 is 1.09 bits per heavy atom. The minimum Gasteiger partial charge on any atom is -0.465 e. The zero-order valence-electron chi connectivity index (χ0n) is 23.6. The highest BCUT2D eigenvalue weighted by Gasteiger charge is 2.51. The first-order valence-corrected chi connectivity index (χ1v) is 14.8. The minimum absolute atomic E-state index is 0.190. The third-order valence-electron chi connectivity index (χ3n) is 8.15. The van der Waals surface area contributed by atoms with Gasteiger partial charge in [-0.2, -0.15) is 13.2 Å². The molecule has 0 bridgehead atoms. The maximum atomic E-state index is 14.2. The topological polar surface area (TPSA) is 161 Å². The summed E-state index contributed by atoms with van der Waals surface area (Å²) in [5.41, 5.74) is -5.33. The van der Waals surface area contributed by atoms with Gasteiger partial charge in [-0.05, 0) is 36.6 Å². The third kappa shape index (κ3) is 6.54. The molecule has 250 valence electrons. The van der Waals surface area contributed by atoms with Crippen molar-refractivity contribution in [1.82, 2.24) is 19.9 Å². The molecule has 0 unspecified atom stereocenters. The van der Waals surface area contributed by atoms with Crippen LogP contribution in [0.2, 0.25) is 0 Å². The van der Waals surface area contributed by atoms with Crippen LogP contribution >= 0.6 is 11.8 Å². The van der Waals surface area contributed by atoms with Crippen molar-refractivity contribution in [2.24, 2.45) is 0 Å². The van der Waals surface area contributed by atoms with Crippen molar-refractivity contribution in [1.29, 1.82) is 0 Å². The van der Waals surface area contributed by atoms with E-state index in [-0.39, 0.29) is 42.8 Å². The van der Waals surface area contributed by atoms with Crippen molar-refractivity contribution >= 4 is 17.9 Å². The Morgan fingerprint density at radius 2 is 1.72 bits per heavy atom. The molecule has 1 amide bonds. The standard InChI is InChI=1S/C28H28F6N4O7S/c29-16-9-13(10-17(30)20(16)31)18-11-38(36-35-18)21-22(40)19(12-39)45-25(23(21)41)46-24(14-3-1-2-4-15(14)28(32,33)34)27(44)5-7-37(8-6-27)26(42)43/h1-4,9-11,19,21-25,39-41,44H,5-8,12H2,(H,42,43)/t19-,21+,22+,23-,24-,25+/m1/s1. The highest BCUT2D eigenvalue weighted by Crippen LogP contribution is 2.51. The SMILES string of the molecule is O=C(O)N1CCC(O)([C@H](S[C@@H]2O[C@H](CO)[C@H](O)[C@H](n3cc(-c4cc(F)c(F)c(F)c4)nn3)[C@H]2O)c2ccccc2C(F)(F)F)CC1. The van der Waals surface area contributed by atoms with Crippen LogP contribution in [-0.4, -0.2) is 101 Å². The molecule has 0 saturated carbocycles. The van der Waals surface area contributed by atoms with Gasteiger partial charge < -0.3 is 35.2 Å². The molecule has 18 heteroatoms. The molecule has 2 aliphatic heterocycles. The Kier molecular flexibility index (Phi) is 9.59. The van der Waals surface area contributed by atoms with Gasteiger partial charge in [0.05, 0.1) is 29.2 Å². The average molecular weight is 679 g/mol. The molecule has 2 saturated heterocycles. The number of hydrogen-bond acceptors (Lipinski definition) is 9. The highest BCUT2D eigenvalue weighted by molar-refractivity contribution is 8.00. The number of piperidine rings is 1. The molecular formula is C28H28F6N4O7S. The Morgan fingerprint density at radius 3 is 2.30 bits per heavy atom. The summed E-state index contributed by atoms with van der Waals surface area (Å²) in [5, 5.41) is 59.7. The first-order chi connectivity index (χ1) is 21.6. The fourth-order valence-electron chi connectivity index (χ4n) is 5.71. The molecule has 0 radical (unpaired) electrons. The zero-order chi connectivity index (χ0) is 33.6. The van der Waals surface area contributed by atoms with E-state index in [9.17, 15) is 56.7 Å². The van der Waals surface area contributed by atoms with E-state index in [1.165, 1.54) is 6.07 Å². The smallest absolute Gasteiger partial charge is 0.416 e. The van der Waals surface area contributed by atoms with Crippen molar-refractivity contribution in [2.45, 2.75) is 59.7 Å². The largest absolute Gasteiger partial charge is 0.465 e. The van der Waals surface area contributed by atoms with Crippen LogP contribution in [-0.2, 0) is 10.9 Å². The maximum Gasteiger partial charge on any atom is 0.416 e. The number of carboxylic acid groups (broad SMARTS) is 1. The van der Waals surface area contributed by atoms with Crippen molar-refractivity contribution in [3.8, 4) is 11.3 Å². The van der Waals surface area contributed by atoms with Gasteiger partial charge in [-0.1, -0.05) is 23.4 Å². The Hall–Kier alpha value is -3.42. The summed E-state index contributed by atoms with van der Waals surface area (Å²) in [6.07, 6.45) is -10.5. The molecule has 6 atom stereocenters. The summed E-state index contributed by atoms with van der Waals surface area (Å²) in [6.45, 7) is -1.21. The number of halogens is 6. The van der Waals surface area contributed by atoms with Crippen molar-refractivity contribution in [2.75, 3.05) is 19.7 Å². The normalized spacial score (nSPS) is 25.8. The predicted molar refractivity (Wildman–Crippen MR) is 148 cm³/mol. The van der Waals surface area contributed by atoms with Gasteiger partial charge in [0.25, 0.3) is 0 Å². The van der Waals surface area contributed by atoms with Gasteiger partial charge >= 0.3 is 12.3 Å². The van der Waals surface area contributed by atoms with Gasteiger partial charge in [0.15, 0.2) is 17.5 Å². The maximum absolute atomic E-state index is 14.2. The quantitative estimate of drug-likeness (QED) is 0.185. The third-order valence-corrected chi connectivity index (χ3v) is 9.77. The number of aliphatic hydroxyl groups excluding tert-OH is 3. The lowest BCUT2D eigenvalue weighted by Gasteiger charge is -2.47. The number of benzene rings is 2. The second-order valence-electron chi connectivity index (χ2n) is 11.0. The molecule has 2 aromatic carbocycles. The van der Waals surface area contributed by atoms with E-state index < -0.39 is 82.5 Å². The fourth-order valence-corrected chi connectivity index (χ4v) is 7.34. The highest BCUT2D eigenvalue weighted by atomic mass is 32.2. The Labute approximate surface area is 261 Å². The van der Waals surface area contributed by atoms with Gasteiger partial charge in [-0.25, -0.2) is 22.6 Å². The molecule has 3 aromatic rings. The summed E-state index contributed by atoms with van der Waals surface area (Å²) in [6, 6.07) is 4.27. The average Bonchev–Trinajstić information content (AvgIpc) is 3.49. The number of aliphatic hydroxyl groups is 4. The van der Waals surface area contributed by atoms with Crippen LogP contribution < -0.4 is 0 Å². The number of likely N-dealkylation sites (tertiary alicyclic amines) is 1. The number of rotatable bonds is 7. The lowest BCUT2D eigenvalue weighted by molar-refractivity contribution is -0.179. The lowest BCUT2D eigenvalue weighted by atomic mass is 9.83. The van der Waals surface area contributed by atoms with Gasteiger partial charge in [-0.15, -0.1) is 16.9 Å². The molecule has 0 aliphatic carbocycles. The summed E-state index contributed by atoms with van der Waals surface area (Å²) in [5.74, 6) is -4.73. The number of aromatic nitrogens is 3. The van der Waals surface area contributed by atoms with Crippen LogP contribution in [0.4, 0.5) is 31.1 Å². The van der Waals surface area contributed by atoms with Gasteiger partial charge in [0.1, 0.15) is 35.5 Å². The number of thioether (sulfide) groups is 1. The second-order valence-corrected chi connectivity index (χ2v) is 12.2. The number of ether oxygens (including phenoxy) is 1. The predicted octanol–water partition coefficient (Wildman–Crippen LogP) is 3.34. The number of nitrogens with zero attached hydrogens (tertiary/aromatic N) is 4. The van der Waals surface area contributed by atoms with Crippen LogP contribution in [0.5, 0.6) is 0 Å². The van der Waals surface area contributed by atoms with Crippen molar-refractivity contribution in [3.63, 3.8) is 0 Å². The molecule has 0 spiro atoms. The van der Waals surface area contributed by atoms with Crippen LogP contribution in [0.1, 0.15) is 35.3 Å². The molecule has 1 aromatic heterocycles. The summed E-state index contributed by atoms with van der Waals surface area (Å²) >= 11 is 0.588. The van der Waals surface area contributed by atoms with E-state index >= 15 is 0 Å². The molecule has 2 fully saturated rings. The first-order valence-electron chi connectivity index (χ1n) is 13.9. The Balaban J connectivity index is 1.51.